The molecular weight excluding hydrogens is 202 g/mol. The van der Waals surface area contributed by atoms with Gasteiger partial charge in [-0.25, -0.2) is 0 Å². The first-order valence-electron chi connectivity index (χ1n) is 5.65. The summed E-state index contributed by atoms with van der Waals surface area (Å²) in [5.41, 5.74) is 3.49. The molecule has 1 aromatic rings. The lowest BCUT2D eigenvalue weighted by Crippen LogP contribution is -2.20. The van der Waals surface area contributed by atoms with Gasteiger partial charge in [-0.2, -0.15) is 5.10 Å². The maximum atomic E-state index is 5.64. The van der Waals surface area contributed by atoms with Crippen LogP contribution in [0.4, 0.5) is 0 Å². The summed E-state index contributed by atoms with van der Waals surface area (Å²) in [6.45, 7) is 4.93. The van der Waals surface area contributed by atoms with Gasteiger partial charge in [0.25, 0.3) is 0 Å². The molecule has 0 amide bonds. The number of aromatic nitrogens is 2. The molecule has 0 spiro atoms. The van der Waals surface area contributed by atoms with E-state index in [-0.39, 0.29) is 6.04 Å². The summed E-state index contributed by atoms with van der Waals surface area (Å²) >= 11 is 0. The van der Waals surface area contributed by atoms with E-state index in [2.05, 4.69) is 23.4 Å². The lowest BCUT2D eigenvalue weighted by molar-refractivity contribution is 0.217. The van der Waals surface area contributed by atoms with E-state index in [0.29, 0.717) is 0 Å². The fourth-order valence-electron chi connectivity index (χ4n) is 2.27. The van der Waals surface area contributed by atoms with Crippen LogP contribution in [-0.4, -0.2) is 23.4 Å². The second-order valence-electron chi connectivity index (χ2n) is 4.17. The minimum Gasteiger partial charge on any atom is -0.496 e. The van der Waals surface area contributed by atoms with Crippen LogP contribution < -0.4 is 5.32 Å². The number of ether oxygens (including phenoxy) is 1. The Balaban J connectivity index is 2.40. The van der Waals surface area contributed by atoms with Gasteiger partial charge in [0.05, 0.1) is 18.3 Å². The Morgan fingerprint density at radius 2 is 2.25 bits per heavy atom. The third-order valence-corrected chi connectivity index (χ3v) is 3.16. The summed E-state index contributed by atoms with van der Waals surface area (Å²) < 4.78 is 7.56. The average Bonchev–Trinajstić information content (AvgIpc) is 2.84. The van der Waals surface area contributed by atoms with Crippen molar-refractivity contribution in [2.45, 2.75) is 26.3 Å². The molecule has 0 radical (unpaired) electrons. The lowest BCUT2D eigenvalue weighted by Gasteiger charge is -2.18. The molecule has 88 valence electrons. The van der Waals surface area contributed by atoms with Gasteiger partial charge in [-0.05, 0) is 27.0 Å². The third kappa shape index (κ3) is 1.73. The molecule has 1 atom stereocenters. The first kappa shape index (κ1) is 11.2. The van der Waals surface area contributed by atoms with Crippen LogP contribution in [0.3, 0.4) is 0 Å². The van der Waals surface area contributed by atoms with Crippen LogP contribution >= 0.6 is 0 Å². The molecular formula is C12H19N3O. The molecule has 2 heterocycles. The average molecular weight is 221 g/mol. The van der Waals surface area contributed by atoms with Crippen LogP contribution in [0.1, 0.15) is 29.4 Å². The lowest BCUT2D eigenvalue weighted by atomic mass is 10.0. The quantitative estimate of drug-likeness (QED) is 0.842. The first-order chi connectivity index (χ1) is 7.65. The highest BCUT2D eigenvalue weighted by Crippen LogP contribution is 2.30. The highest BCUT2D eigenvalue weighted by Gasteiger charge is 2.24. The Hall–Kier alpha value is -1.29. The molecule has 1 aliphatic heterocycles. The van der Waals surface area contributed by atoms with Gasteiger partial charge in [0.1, 0.15) is 5.76 Å². The normalized spacial score (nSPS) is 17.1. The number of nitrogens with zero attached hydrogens (tertiary/aromatic N) is 2. The molecule has 0 fully saturated rings. The predicted molar refractivity (Wildman–Crippen MR) is 63.1 cm³/mol. The Morgan fingerprint density at radius 3 is 2.69 bits per heavy atom. The van der Waals surface area contributed by atoms with E-state index in [9.17, 15) is 0 Å². The first-order valence-corrected chi connectivity index (χ1v) is 5.65. The van der Waals surface area contributed by atoms with Gasteiger partial charge in [0, 0.05) is 24.7 Å². The van der Waals surface area contributed by atoms with E-state index in [1.54, 1.807) is 0 Å². The van der Waals surface area contributed by atoms with E-state index in [1.165, 1.54) is 11.3 Å². The van der Waals surface area contributed by atoms with Crippen LogP contribution in [0.25, 0.3) is 0 Å². The van der Waals surface area contributed by atoms with Gasteiger partial charge < -0.3 is 10.1 Å². The summed E-state index contributed by atoms with van der Waals surface area (Å²) in [5, 5.41) is 7.75. The summed E-state index contributed by atoms with van der Waals surface area (Å²) in [6.07, 6.45) is 3.17. The van der Waals surface area contributed by atoms with Crippen LogP contribution in [-0.2, 0) is 11.8 Å². The van der Waals surface area contributed by atoms with Crippen molar-refractivity contribution < 1.29 is 4.74 Å². The Bertz CT molecular complexity index is 420. The molecule has 16 heavy (non-hydrogen) atoms. The standard InChI is InChI=1S/C12H19N3O/c1-8-11(9(2)15(4)14-8)12(13-3)10-6-5-7-16-10/h6,12-13H,5,7H2,1-4H3. The van der Waals surface area contributed by atoms with Crippen LogP contribution in [0, 0.1) is 13.8 Å². The zero-order chi connectivity index (χ0) is 11.7. The summed E-state index contributed by atoms with van der Waals surface area (Å²) in [6, 6.07) is 0.135. The highest BCUT2D eigenvalue weighted by atomic mass is 16.5. The summed E-state index contributed by atoms with van der Waals surface area (Å²) in [4.78, 5) is 0. The third-order valence-electron chi connectivity index (χ3n) is 3.16. The molecule has 4 heteroatoms. The summed E-state index contributed by atoms with van der Waals surface area (Å²) in [7, 11) is 3.93. The van der Waals surface area contributed by atoms with Crippen molar-refractivity contribution in [2.75, 3.05) is 13.7 Å². The van der Waals surface area contributed by atoms with Crippen molar-refractivity contribution in [2.24, 2.45) is 7.05 Å². The maximum Gasteiger partial charge on any atom is 0.114 e. The molecule has 0 bridgehead atoms. The van der Waals surface area contributed by atoms with Crippen molar-refractivity contribution in [1.82, 2.24) is 15.1 Å². The molecule has 1 N–H and O–H groups in total. The van der Waals surface area contributed by atoms with Crippen molar-refractivity contribution in [3.8, 4) is 0 Å². The topological polar surface area (TPSA) is 39.1 Å². The molecule has 0 saturated heterocycles. The zero-order valence-electron chi connectivity index (χ0n) is 10.4. The van der Waals surface area contributed by atoms with Crippen LogP contribution in [0.5, 0.6) is 0 Å². The molecule has 1 unspecified atom stereocenters. The smallest absolute Gasteiger partial charge is 0.114 e. The van der Waals surface area contributed by atoms with E-state index in [0.717, 1.165) is 24.5 Å². The Labute approximate surface area is 96.3 Å². The monoisotopic (exact) mass is 221 g/mol. The minimum atomic E-state index is 0.135. The van der Waals surface area contributed by atoms with Gasteiger partial charge in [-0.1, -0.05) is 0 Å². The SMILES string of the molecule is CNC(C1=CCCO1)c1c(C)nn(C)c1C. The second kappa shape index (κ2) is 4.29. The van der Waals surface area contributed by atoms with Gasteiger partial charge in [-0.15, -0.1) is 0 Å². The zero-order valence-corrected chi connectivity index (χ0v) is 10.4. The summed E-state index contributed by atoms with van der Waals surface area (Å²) in [5.74, 6) is 1.03. The van der Waals surface area contributed by atoms with Crippen LogP contribution in [0.2, 0.25) is 0 Å². The number of aryl methyl sites for hydroxylation is 2. The van der Waals surface area contributed by atoms with Crippen LogP contribution in [0.15, 0.2) is 11.8 Å². The predicted octanol–water partition coefficient (Wildman–Crippen LogP) is 1.60. The van der Waals surface area contributed by atoms with Gasteiger partial charge in [0.15, 0.2) is 0 Å². The second-order valence-corrected chi connectivity index (χ2v) is 4.17. The van der Waals surface area contributed by atoms with Crippen molar-refractivity contribution in [3.05, 3.63) is 28.8 Å². The Kier molecular flexibility index (Phi) is 3.01. The molecule has 0 aromatic carbocycles. The van der Waals surface area contributed by atoms with Gasteiger partial charge in [0.2, 0.25) is 0 Å². The number of likely N-dealkylation sites (N-methyl/N-ethyl adjacent to an activating group) is 1. The number of nitrogens with one attached hydrogen (secondary N) is 1. The van der Waals surface area contributed by atoms with E-state index >= 15 is 0 Å². The number of hydrogen-bond donors (Lipinski definition) is 1. The van der Waals surface area contributed by atoms with Crippen molar-refractivity contribution in [1.29, 1.82) is 0 Å². The van der Waals surface area contributed by atoms with E-state index in [1.807, 2.05) is 25.7 Å². The molecule has 2 rings (SSSR count). The fourth-order valence-corrected chi connectivity index (χ4v) is 2.27. The molecule has 1 aromatic heterocycles. The molecule has 4 nitrogen and oxygen atoms in total. The van der Waals surface area contributed by atoms with Crippen molar-refractivity contribution in [3.63, 3.8) is 0 Å². The Morgan fingerprint density at radius 1 is 1.50 bits per heavy atom. The molecule has 0 aliphatic carbocycles. The van der Waals surface area contributed by atoms with Gasteiger partial charge in [-0.3, -0.25) is 4.68 Å². The number of rotatable bonds is 3. The molecule has 0 saturated carbocycles. The number of hydrogen-bond acceptors (Lipinski definition) is 3. The largest absolute Gasteiger partial charge is 0.496 e. The van der Waals surface area contributed by atoms with Crippen molar-refractivity contribution >= 4 is 0 Å². The minimum absolute atomic E-state index is 0.135. The highest BCUT2D eigenvalue weighted by molar-refractivity contribution is 5.33. The van der Waals surface area contributed by atoms with E-state index in [4.69, 9.17) is 4.74 Å². The fraction of sp³-hybridized carbons (Fsp3) is 0.583. The van der Waals surface area contributed by atoms with E-state index < -0.39 is 0 Å². The molecule has 1 aliphatic rings. The van der Waals surface area contributed by atoms with Gasteiger partial charge >= 0.3 is 0 Å². The maximum absolute atomic E-state index is 5.64.